The quantitative estimate of drug-likeness (QED) is 0.715. The fourth-order valence-corrected chi connectivity index (χ4v) is 2.63. The number of nitrogens with one attached hydrogen (secondary N) is 1. The third-order valence-electron chi connectivity index (χ3n) is 4.29. The molecule has 3 unspecified atom stereocenters. The van der Waals surface area contributed by atoms with Crippen molar-refractivity contribution in [1.29, 1.82) is 0 Å². The summed E-state index contributed by atoms with van der Waals surface area (Å²) in [7, 11) is 4.30. The Balaban J connectivity index is 2.15. The number of likely N-dealkylation sites (N-methyl/N-ethyl adjacent to an activating group) is 1. The van der Waals surface area contributed by atoms with Crippen molar-refractivity contribution in [3.05, 3.63) is 0 Å². The molecule has 0 saturated carbocycles. The van der Waals surface area contributed by atoms with Crippen molar-refractivity contribution >= 4 is 0 Å². The lowest BCUT2D eigenvalue weighted by molar-refractivity contribution is 0.0590. The van der Waals surface area contributed by atoms with Crippen molar-refractivity contribution in [1.82, 2.24) is 15.1 Å². The molecule has 0 aliphatic carbocycles. The molecule has 3 nitrogen and oxygen atoms in total. The first-order chi connectivity index (χ1) is 8.04. The summed E-state index contributed by atoms with van der Waals surface area (Å²) in [6, 6.07) is 2.07. The second kappa shape index (κ2) is 7.34. The van der Waals surface area contributed by atoms with Crippen LogP contribution in [0.2, 0.25) is 0 Å². The number of hydrogen-bond acceptors (Lipinski definition) is 3. The van der Waals surface area contributed by atoms with E-state index in [0.29, 0.717) is 18.1 Å². The zero-order chi connectivity index (χ0) is 12.8. The van der Waals surface area contributed by atoms with E-state index >= 15 is 0 Å². The van der Waals surface area contributed by atoms with Gasteiger partial charge in [-0.15, -0.1) is 0 Å². The van der Waals surface area contributed by atoms with Gasteiger partial charge in [-0.2, -0.15) is 0 Å². The van der Waals surface area contributed by atoms with Gasteiger partial charge in [0.1, 0.15) is 0 Å². The summed E-state index contributed by atoms with van der Waals surface area (Å²) in [4.78, 5) is 5.14. The van der Waals surface area contributed by atoms with E-state index in [1.807, 2.05) is 0 Å². The minimum absolute atomic E-state index is 0.667. The molecule has 1 rings (SSSR count). The third-order valence-corrected chi connectivity index (χ3v) is 4.29. The predicted molar refractivity (Wildman–Crippen MR) is 75.5 cm³/mol. The molecule has 0 spiro atoms. The van der Waals surface area contributed by atoms with Crippen LogP contribution in [0.1, 0.15) is 40.0 Å². The lowest BCUT2D eigenvalue weighted by Crippen LogP contribution is -2.54. The number of hydrogen-bond donors (Lipinski definition) is 1. The molecule has 0 aromatic carbocycles. The molecule has 17 heavy (non-hydrogen) atoms. The van der Waals surface area contributed by atoms with Crippen LogP contribution in [0.15, 0.2) is 0 Å². The fourth-order valence-electron chi connectivity index (χ4n) is 2.63. The molecule has 0 aromatic rings. The second-order valence-corrected chi connectivity index (χ2v) is 5.81. The summed E-state index contributed by atoms with van der Waals surface area (Å²) in [5.41, 5.74) is 0. The van der Waals surface area contributed by atoms with Crippen molar-refractivity contribution in [3.8, 4) is 0 Å². The molecule has 1 heterocycles. The Hall–Kier alpha value is -0.120. The van der Waals surface area contributed by atoms with Gasteiger partial charge in [-0.3, -0.25) is 4.90 Å². The van der Waals surface area contributed by atoms with Crippen molar-refractivity contribution in [2.75, 3.05) is 33.7 Å². The summed E-state index contributed by atoms with van der Waals surface area (Å²) in [6.07, 6.45) is 3.99. The fraction of sp³-hybridized carbons (Fsp3) is 1.00. The van der Waals surface area contributed by atoms with Gasteiger partial charge in [-0.1, -0.05) is 6.42 Å². The Labute approximate surface area is 108 Å². The van der Waals surface area contributed by atoms with Crippen LogP contribution in [0, 0.1) is 0 Å². The minimum Gasteiger partial charge on any atom is -0.317 e. The minimum atomic E-state index is 0.667. The summed E-state index contributed by atoms with van der Waals surface area (Å²) in [6.45, 7) is 10.7. The van der Waals surface area contributed by atoms with E-state index in [-0.39, 0.29) is 0 Å². The van der Waals surface area contributed by atoms with Gasteiger partial charge in [-0.25, -0.2) is 0 Å². The van der Waals surface area contributed by atoms with Crippen molar-refractivity contribution in [2.24, 2.45) is 0 Å². The van der Waals surface area contributed by atoms with Gasteiger partial charge in [0.25, 0.3) is 0 Å². The molecule has 1 aliphatic rings. The Kier molecular flexibility index (Phi) is 6.45. The molecule has 1 fully saturated rings. The number of unbranched alkanes of at least 4 members (excludes halogenated alkanes) is 1. The topological polar surface area (TPSA) is 18.5 Å². The van der Waals surface area contributed by atoms with Gasteiger partial charge < -0.3 is 10.2 Å². The van der Waals surface area contributed by atoms with Crippen molar-refractivity contribution in [3.63, 3.8) is 0 Å². The highest BCUT2D eigenvalue weighted by atomic mass is 15.3. The summed E-state index contributed by atoms with van der Waals surface area (Å²) >= 11 is 0. The molecule has 1 N–H and O–H groups in total. The molecule has 0 amide bonds. The molecule has 0 aromatic heterocycles. The second-order valence-electron chi connectivity index (χ2n) is 5.81. The Morgan fingerprint density at radius 3 is 2.29 bits per heavy atom. The Bertz CT molecular complexity index is 196. The van der Waals surface area contributed by atoms with Gasteiger partial charge in [-0.05, 0) is 54.3 Å². The zero-order valence-electron chi connectivity index (χ0n) is 12.4. The summed E-state index contributed by atoms with van der Waals surface area (Å²) in [5.74, 6) is 0. The largest absolute Gasteiger partial charge is 0.317 e. The predicted octanol–water partition coefficient (Wildman–Crippen LogP) is 1.79. The summed E-state index contributed by atoms with van der Waals surface area (Å²) in [5, 5.41) is 3.30. The maximum absolute atomic E-state index is 3.30. The molecular weight excluding hydrogens is 210 g/mol. The first-order valence-corrected chi connectivity index (χ1v) is 7.16. The van der Waals surface area contributed by atoms with Crippen LogP contribution in [0.5, 0.6) is 0 Å². The van der Waals surface area contributed by atoms with Crippen LogP contribution < -0.4 is 5.32 Å². The van der Waals surface area contributed by atoms with Crippen LogP contribution in [-0.4, -0.2) is 61.7 Å². The van der Waals surface area contributed by atoms with E-state index in [0.717, 1.165) is 0 Å². The number of rotatable bonds is 6. The van der Waals surface area contributed by atoms with E-state index in [4.69, 9.17) is 0 Å². The average Bonchev–Trinajstić information content (AvgIpc) is 2.31. The van der Waals surface area contributed by atoms with Gasteiger partial charge in [0.05, 0.1) is 0 Å². The lowest BCUT2D eigenvalue weighted by Gasteiger charge is -2.42. The molecule has 102 valence electrons. The van der Waals surface area contributed by atoms with Gasteiger partial charge in [0, 0.05) is 31.2 Å². The Morgan fingerprint density at radius 2 is 1.76 bits per heavy atom. The van der Waals surface area contributed by atoms with E-state index in [2.05, 4.69) is 50.0 Å². The van der Waals surface area contributed by atoms with Gasteiger partial charge in [0.2, 0.25) is 0 Å². The van der Waals surface area contributed by atoms with Crippen molar-refractivity contribution in [2.45, 2.75) is 58.2 Å². The molecule has 3 heteroatoms. The molecule has 1 saturated heterocycles. The lowest BCUT2D eigenvalue weighted by atomic mass is 10.1. The first kappa shape index (κ1) is 14.9. The van der Waals surface area contributed by atoms with E-state index < -0.39 is 0 Å². The SMILES string of the molecule is CNC(C)CCCCN1CC(C)N(C)C(C)C1. The van der Waals surface area contributed by atoms with Crippen LogP contribution in [-0.2, 0) is 0 Å². The highest BCUT2D eigenvalue weighted by Crippen LogP contribution is 2.14. The number of piperazine rings is 1. The average molecular weight is 241 g/mol. The van der Waals surface area contributed by atoms with Gasteiger partial charge >= 0.3 is 0 Å². The van der Waals surface area contributed by atoms with E-state index in [1.165, 1.54) is 38.9 Å². The van der Waals surface area contributed by atoms with Crippen LogP contribution in [0.3, 0.4) is 0 Å². The van der Waals surface area contributed by atoms with Gasteiger partial charge in [0.15, 0.2) is 0 Å². The van der Waals surface area contributed by atoms with Crippen LogP contribution >= 0.6 is 0 Å². The molecule has 1 aliphatic heterocycles. The first-order valence-electron chi connectivity index (χ1n) is 7.16. The maximum atomic E-state index is 3.30. The standard InChI is InChI=1S/C14H31N3/c1-12(15-4)8-6-7-9-17-10-13(2)16(5)14(3)11-17/h12-15H,6-11H2,1-5H3. The van der Waals surface area contributed by atoms with Crippen LogP contribution in [0.4, 0.5) is 0 Å². The van der Waals surface area contributed by atoms with Crippen molar-refractivity contribution < 1.29 is 0 Å². The molecule has 3 atom stereocenters. The smallest absolute Gasteiger partial charge is 0.0195 e. The summed E-state index contributed by atoms with van der Waals surface area (Å²) < 4.78 is 0. The van der Waals surface area contributed by atoms with Crippen LogP contribution in [0.25, 0.3) is 0 Å². The molecule has 0 radical (unpaired) electrons. The maximum Gasteiger partial charge on any atom is 0.0195 e. The van der Waals surface area contributed by atoms with E-state index in [1.54, 1.807) is 0 Å². The third kappa shape index (κ3) is 4.94. The molecule has 0 bridgehead atoms. The highest BCUT2D eigenvalue weighted by molar-refractivity contribution is 4.82. The number of nitrogens with zero attached hydrogens (tertiary/aromatic N) is 2. The molecular formula is C14H31N3. The Morgan fingerprint density at radius 1 is 1.18 bits per heavy atom. The normalized spacial score (nSPS) is 29.5. The monoisotopic (exact) mass is 241 g/mol. The zero-order valence-corrected chi connectivity index (χ0v) is 12.4. The van der Waals surface area contributed by atoms with E-state index in [9.17, 15) is 0 Å². The highest BCUT2D eigenvalue weighted by Gasteiger charge is 2.25.